The van der Waals surface area contributed by atoms with Gasteiger partial charge >= 0.3 is 0 Å². The van der Waals surface area contributed by atoms with Crippen LogP contribution in [0.15, 0.2) is 36.4 Å². The average Bonchev–Trinajstić information content (AvgIpc) is 3.16. The summed E-state index contributed by atoms with van der Waals surface area (Å²) >= 11 is 7.55. The Labute approximate surface area is 200 Å². The fourth-order valence-electron chi connectivity index (χ4n) is 3.71. The quantitative estimate of drug-likeness (QED) is 0.376. The number of amides is 1. The number of nitrogens with zero attached hydrogens (tertiary/aromatic N) is 3. The standard InChI is InChI=1S/C25H32ClN3O2S/c1-7-28(8-2)13-14-29(24-27-22-18(4)15-17(3)16-21(22)32-24)23(30)25(5,6)31-20-11-9-19(26)10-12-20/h9-12,15-16H,7-8,13-14H2,1-6H3. The third-order valence-corrected chi connectivity index (χ3v) is 6.81. The van der Waals surface area contributed by atoms with Gasteiger partial charge in [-0.1, -0.05) is 42.9 Å². The number of anilines is 1. The van der Waals surface area contributed by atoms with Crippen LogP contribution in [-0.4, -0.2) is 47.6 Å². The minimum atomic E-state index is -1.07. The summed E-state index contributed by atoms with van der Waals surface area (Å²) in [6, 6.07) is 11.3. The molecule has 0 atom stereocenters. The summed E-state index contributed by atoms with van der Waals surface area (Å²) in [6.45, 7) is 15.2. The van der Waals surface area contributed by atoms with Gasteiger partial charge in [0, 0.05) is 18.1 Å². The first kappa shape index (κ1) is 24.5. The molecule has 0 aliphatic carbocycles. The molecule has 1 aromatic heterocycles. The van der Waals surface area contributed by atoms with Gasteiger partial charge in [-0.2, -0.15) is 0 Å². The third-order valence-electron chi connectivity index (χ3n) is 5.53. The van der Waals surface area contributed by atoms with Crippen molar-refractivity contribution in [3.63, 3.8) is 0 Å². The van der Waals surface area contributed by atoms with Crippen LogP contribution in [0.4, 0.5) is 5.13 Å². The van der Waals surface area contributed by atoms with Gasteiger partial charge in [-0.05, 0) is 82.2 Å². The molecular weight excluding hydrogens is 442 g/mol. The molecule has 1 heterocycles. The van der Waals surface area contributed by atoms with Crippen molar-refractivity contribution in [2.45, 2.75) is 47.1 Å². The number of aromatic nitrogens is 1. The smallest absolute Gasteiger partial charge is 0.272 e. The summed E-state index contributed by atoms with van der Waals surface area (Å²) in [5.41, 5.74) is 2.19. The molecule has 0 fully saturated rings. The van der Waals surface area contributed by atoms with Gasteiger partial charge in [-0.25, -0.2) is 4.98 Å². The van der Waals surface area contributed by atoms with Crippen molar-refractivity contribution in [3.8, 4) is 5.75 Å². The highest BCUT2D eigenvalue weighted by molar-refractivity contribution is 7.22. The number of thiazole rings is 1. The summed E-state index contributed by atoms with van der Waals surface area (Å²) in [6.07, 6.45) is 0. The number of likely N-dealkylation sites (N-methyl/N-ethyl adjacent to an activating group) is 1. The molecule has 0 radical (unpaired) electrons. The predicted molar refractivity (Wildman–Crippen MR) is 135 cm³/mol. The Bertz CT molecular complexity index is 1070. The minimum Gasteiger partial charge on any atom is -0.478 e. The zero-order valence-corrected chi connectivity index (χ0v) is 21.3. The first-order chi connectivity index (χ1) is 15.1. The number of hydrogen-bond donors (Lipinski definition) is 0. The van der Waals surface area contributed by atoms with Crippen LogP contribution in [0.25, 0.3) is 10.2 Å². The summed E-state index contributed by atoms with van der Waals surface area (Å²) in [7, 11) is 0. The number of benzene rings is 2. The van der Waals surface area contributed by atoms with Gasteiger partial charge in [0.05, 0.1) is 10.2 Å². The number of carbonyl (C=O) groups is 1. The number of carbonyl (C=O) groups excluding carboxylic acids is 1. The van der Waals surface area contributed by atoms with Crippen LogP contribution >= 0.6 is 22.9 Å². The van der Waals surface area contributed by atoms with Crippen molar-refractivity contribution in [1.29, 1.82) is 0 Å². The SMILES string of the molecule is CCN(CC)CCN(C(=O)C(C)(C)Oc1ccc(Cl)cc1)c1nc2c(C)cc(C)cc2s1. The molecule has 0 saturated carbocycles. The van der Waals surface area contributed by atoms with Crippen LogP contribution in [0.3, 0.4) is 0 Å². The Morgan fingerprint density at radius 1 is 1.09 bits per heavy atom. The molecule has 3 aromatic rings. The summed E-state index contributed by atoms with van der Waals surface area (Å²) in [4.78, 5) is 22.7. The second-order valence-corrected chi connectivity index (χ2v) is 9.92. The van der Waals surface area contributed by atoms with E-state index in [9.17, 15) is 4.79 Å². The van der Waals surface area contributed by atoms with Crippen LogP contribution < -0.4 is 9.64 Å². The molecule has 0 spiro atoms. The Morgan fingerprint density at radius 2 is 1.75 bits per heavy atom. The van der Waals surface area contributed by atoms with E-state index < -0.39 is 5.60 Å². The molecule has 172 valence electrons. The fraction of sp³-hybridized carbons (Fsp3) is 0.440. The molecule has 0 saturated heterocycles. The van der Waals surface area contributed by atoms with E-state index >= 15 is 0 Å². The van der Waals surface area contributed by atoms with Crippen LogP contribution in [0.5, 0.6) is 5.75 Å². The van der Waals surface area contributed by atoms with E-state index in [1.54, 1.807) is 54.3 Å². The normalized spacial score (nSPS) is 11.9. The molecule has 5 nitrogen and oxygen atoms in total. The van der Waals surface area contributed by atoms with Gasteiger partial charge in [0.15, 0.2) is 10.7 Å². The van der Waals surface area contributed by atoms with E-state index in [-0.39, 0.29) is 5.91 Å². The lowest BCUT2D eigenvalue weighted by molar-refractivity contribution is -0.131. The van der Waals surface area contributed by atoms with Crippen LogP contribution in [-0.2, 0) is 4.79 Å². The molecular formula is C25H32ClN3O2S. The zero-order valence-electron chi connectivity index (χ0n) is 19.7. The van der Waals surface area contributed by atoms with Crippen molar-refractivity contribution >= 4 is 44.2 Å². The number of hydrogen-bond acceptors (Lipinski definition) is 5. The van der Waals surface area contributed by atoms with Crippen LogP contribution in [0.2, 0.25) is 5.02 Å². The van der Waals surface area contributed by atoms with Gasteiger partial charge in [-0.3, -0.25) is 9.69 Å². The third kappa shape index (κ3) is 5.61. The Kier molecular flexibility index (Phi) is 7.80. The molecule has 0 aliphatic heterocycles. The van der Waals surface area contributed by atoms with Crippen LogP contribution in [0, 0.1) is 13.8 Å². The average molecular weight is 474 g/mol. The molecule has 0 bridgehead atoms. The van der Waals surface area contributed by atoms with Gasteiger partial charge < -0.3 is 9.64 Å². The lowest BCUT2D eigenvalue weighted by Crippen LogP contribution is -2.51. The highest BCUT2D eigenvalue weighted by Gasteiger charge is 2.36. The van der Waals surface area contributed by atoms with E-state index in [4.69, 9.17) is 21.3 Å². The van der Waals surface area contributed by atoms with Crippen molar-refractivity contribution in [1.82, 2.24) is 9.88 Å². The molecule has 0 N–H and O–H groups in total. The summed E-state index contributed by atoms with van der Waals surface area (Å²) in [5, 5.41) is 1.33. The lowest BCUT2D eigenvalue weighted by atomic mass is 10.1. The molecule has 0 aliphatic rings. The molecule has 32 heavy (non-hydrogen) atoms. The first-order valence-corrected chi connectivity index (χ1v) is 12.2. The summed E-state index contributed by atoms with van der Waals surface area (Å²) < 4.78 is 7.20. The molecule has 2 aromatic carbocycles. The Hall–Kier alpha value is -2.15. The maximum Gasteiger partial charge on any atom is 0.272 e. The van der Waals surface area contributed by atoms with E-state index in [2.05, 4.69) is 44.7 Å². The second-order valence-electron chi connectivity index (χ2n) is 8.47. The number of rotatable bonds is 9. The largest absolute Gasteiger partial charge is 0.478 e. The monoisotopic (exact) mass is 473 g/mol. The van der Waals surface area contributed by atoms with Gasteiger partial charge in [0.1, 0.15) is 5.75 Å². The number of aryl methyl sites for hydroxylation is 2. The molecule has 3 rings (SSSR count). The number of fused-ring (bicyclic) bond motifs is 1. The lowest BCUT2D eigenvalue weighted by Gasteiger charge is -2.32. The maximum absolute atomic E-state index is 13.8. The fourth-order valence-corrected chi connectivity index (χ4v) is 5.00. The predicted octanol–water partition coefficient (Wildman–Crippen LogP) is 6.10. The highest BCUT2D eigenvalue weighted by atomic mass is 35.5. The van der Waals surface area contributed by atoms with E-state index in [1.807, 2.05) is 0 Å². The van der Waals surface area contributed by atoms with E-state index in [1.165, 1.54) is 5.56 Å². The topological polar surface area (TPSA) is 45.7 Å². The number of ether oxygens (including phenoxy) is 1. The second kappa shape index (κ2) is 10.2. The van der Waals surface area contributed by atoms with Crippen molar-refractivity contribution in [3.05, 3.63) is 52.5 Å². The minimum absolute atomic E-state index is 0.118. The highest BCUT2D eigenvalue weighted by Crippen LogP contribution is 2.33. The first-order valence-electron chi connectivity index (χ1n) is 11.0. The van der Waals surface area contributed by atoms with E-state index in [0.717, 1.165) is 35.4 Å². The van der Waals surface area contributed by atoms with Crippen molar-refractivity contribution in [2.75, 3.05) is 31.1 Å². The molecule has 1 amide bonds. The Morgan fingerprint density at radius 3 is 2.38 bits per heavy atom. The van der Waals surface area contributed by atoms with Gasteiger partial charge in [0.25, 0.3) is 5.91 Å². The van der Waals surface area contributed by atoms with Crippen molar-refractivity contribution < 1.29 is 9.53 Å². The summed E-state index contributed by atoms with van der Waals surface area (Å²) in [5.74, 6) is 0.486. The number of halogens is 1. The van der Waals surface area contributed by atoms with E-state index in [0.29, 0.717) is 22.4 Å². The van der Waals surface area contributed by atoms with Crippen LogP contribution in [0.1, 0.15) is 38.8 Å². The molecule has 0 unspecified atom stereocenters. The molecule has 7 heteroatoms. The van der Waals surface area contributed by atoms with Crippen molar-refractivity contribution in [2.24, 2.45) is 0 Å². The van der Waals surface area contributed by atoms with Gasteiger partial charge in [-0.15, -0.1) is 0 Å². The maximum atomic E-state index is 13.8. The van der Waals surface area contributed by atoms with Gasteiger partial charge in [0.2, 0.25) is 0 Å². The Balaban J connectivity index is 1.95. The zero-order chi connectivity index (χ0) is 23.5.